The molecule has 0 saturated carbocycles. The number of phenolic OH excluding ortho intramolecular Hbond substituents is 1. The number of hydrogen-bond acceptors (Lipinski definition) is 4. The number of ether oxygens (including phenoxy) is 2. The molecule has 5 heteroatoms. The van der Waals surface area contributed by atoms with Crippen molar-refractivity contribution < 1.29 is 24.5 Å². The predicted octanol–water partition coefficient (Wildman–Crippen LogP) is 5.14. The van der Waals surface area contributed by atoms with E-state index in [1.54, 1.807) is 6.07 Å². The van der Waals surface area contributed by atoms with Crippen molar-refractivity contribution in [3.63, 3.8) is 0 Å². The van der Waals surface area contributed by atoms with Gasteiger partial charge in [0, 0.05) is 0 Å². The first-order valence-electron chi connectivity index (χ1n) is 8.39. The van der Waals surface area contributed by atoms with Crippen molar-refractivity contribution >= 4 is 6.16 Å². The van der Waals surface area contributed by atoms with Gasteiger partial charge >= 0.3 is 6.16 Å². The highest BCUT2D eigenvalue weighted by atomic mass is 16.7. The van der Waals surface area contributed by atoms with Crippen LogP contribution in [0, 0.1) is 0 Å². The van der Waals surface area contributed by atoms with Gasteiger partial charge in [0.25, 0.3) is 0 Å². The number of hydrogen-bond donors (Lipinski definition) is 2. The van der Waals surface area contributed by atoms with Crippen LogP contribution in [0.15, 0.2) is 12.1 Å². The second-order valence-corrected chi connectivity index (χ2v) is 5.70. The van der Waals surface area contributed by atoms with Crippen LogP contribution in [0.3, 0.4) is 0 Å². The predicted molar refractivity (Wildman–Crippen MR) is 89.6 cm³/mol. The van der Waals surface area contributed by atoms with Gasteiger partial charge in [-0.05, 0) is 24.5 Å². The molecule has 1 aromatic carbocycles. The molecule has 1 aromatic rings. The molecule has 0 atom stereocenters. The van der Waals surface area contributed by atoms with Gasteiger partial charge in [-0.2, -0.15) is 0 Å². The smallest absolute Gasteiger partial charge is 0.502 e. The zero-order valence-electron chi connectivity index (χ0n) is 14.1. The molecule has 5 nitrogen and oxygen atoms in total. The minimum Gasteiger partial charge on any atom is -0.502 e. The largest absolute Gasteiger partial charge is 0.511 e. The molecule has 0 fully saturated rings. The van der Waals surface area contributed by atoms with E-state index in [-0.39, 0.29) is 11.5 Å². The lowest BCUT2D eigenvalue weighted by atomic mass is 10.0. The van der Waals surface area contributed by atoms with Gasteiger partial charge < -0.3 is 19.7 Å². The molecule has 0 radical (unpaired) electrons. The van der Waals surface area contributed by atoms with E-state index in [2.05, 4.69) is 11.7 Å². The van der Waals surface area contributed by atoms with Crippen molar-refractivity contribution in [3.05, 3.63) is 17.7 Å². The zero-order chi connectivity index (χ0) is 17.1. The lowest BCUT2D eigenvalue weighted by Gasteiger charge is -2.12. The van der Waals surface area contributed by atoms with E-state index in [0.29, 0.717) is 5.75 Å². The summed E-state index contributed by atoms with van der Waals surface area (Å²) in [6.45, 7) is 2.22. The highest BCUT2D eigenvalue weighted by Crippen LogP contribution is 2.39. The molecular weight excluding hydrogens is 296 g/mol. The fourth-order valence-corrected chi connectivity index (χ4v) is 2.65. The van der Waals surface area contributed by atoms with Crippen molar-refractivity contribution in [2.75, 3.05) is 7.11 Å². The van der Waals surface area contributed by atoms with Crippen molar-refractivity contribution in [3.8, 4) is 17.2 Å². The summed E-state index contributed by atoms with van der Waals surface area (Å²) in [6, 6.07) is 3.21. The van der Waals surface area contributed by atoms with E-state index in [1.165, 1.54) is 51.7 Å². The summed E-state index contributed by atoms with van der Waals surface area (Å²) in [5, 5.41) is 18.7. The van der Waals surface area contributed by atoms with Gasteiger partial charge in [-0.15, -0.1) is 0 Å². The number of aryl methyl sites for hydroxylation is 1. The second-order valence-electron chi connectivity index (χ2n) is 5.70. The highest BCUT2D eigenvalue weighted by molar-refractivity contribution is 5.65. The van der Waals surface area contributed by atoms with Crippen LogP contribution in [0.4, 0.5) is 4.79 Å². The summed E-state index contributed by atoms with van der Waals surface area (Å²) in [4.78, 5) is 10.6. The Balaban J connectivity index is 2.44. The molecule has 0 aliphatic rings. The molecule has 0 bridgehead atoms. The zero-order valence-corrected chi connectivity index (χ0v) is 14.1. The Morgan fingerprint density at radius 2 is 1.65 bits per heavy atom. The summed E-state index contributed by atoms with van der Waals surface area (Å²) < 4.78 is 9.72. The third-order valence-corrected chi connectivity index (χ3v) is 3.88. The monoisotopic (exact) mass is 324 g/mol. The summed E-state index contributed by atoms with van der Waals surface area (Å²) in [6.07, 6.45) is 9.20. The topological polar surface area (TPSA) is 76.0 Å². The fraction of sp³-hybridized carbons (Fsp3) is 0.611. The van der Waals surface area contributed by atoms with E-state index >= 15 is 0 Å². The van der Waals surface area contributed by atoms with E-state index in [0.717, 1.165) is 24.8 Å². The lowest BCUT2D eigenvalue weighted by molar-refractivity contribution is 0.142. The maximum atomic E-state index is 10.6. The Hall–Kier alpha value is -1.91. The van der Waals surface area contributed by atoms with Gasteiger partial charge in [-0.1, -0.05) is 57.9 Å². The fourth-order valence-electron chi connectivity index (χ4n) is 2.65. The van der Waals surface area contributed by atoms with Gasteiger partial charge in [0.05, 0.1) is 7.11 Å². The number of methoxy groups -OCH3 is 1. The first-order chi connectivity index (χ1) is 11.1. The molecule has 0 amide bonds. The molecule has 1 rings (SSSR count). The minimum absolute atomic E-state index is 0.103. The Bertz CT molecular complexity index is 485. The van der Waals surface area contributed by atoms with E-state index in [1.807, 2.05) is 0 Å². The number of carbonyl (C=O) groups is 1. The molecule has 0 aromatic heterocycles. The maximum Gasteiger partial charge on any atom is 0.511 e. The van der Waals surface area contributed by atoms with Gasteiger partial charge in [-0.25, -0.2) is 4.79 Å². The molecule has 0 aliphatic heterocycles. The number of unbranched alkanes of at least 4 members (excludes halogenated alkanes) is 7. The second kappa shape index (κ2) is 10.8. The number of carboxylic acid groups (broad SMARTS) is 1. The summed E-state index contributed by atoms with van der Waals surface area (Å²) in [7, 11) is 1.46. The quantitative estimate of drug-likeness (QED) is 0.335. The first-order valence-corrected chi connectivity index (χ1v) is 8.39. The van der Waals surface area contributed by atoms with Gasteiger partial charge in [0.15, 0.2) is 11.5 Å². The van der Waals surface area contributed by atoms with E-state index < -0.39 is 6.16 Å². The average molecular weight is 324 g/mol. The van der Waals surface area contributed by atoms with Crippen molar-refractivity contribution in [2.24, 2.45) is 0 Å². The molecule has 130 valence electrons. The summed E-state index contributed by atoms with van der Waals surface area (Å²) >= 11 is 0. The van der Waals surface area contributed by atoms with Crippen LogP contribution in [0.5, 0.6) is 17.2 Å². The van der Waals surface area contributed by atoms with E-state index in [9.17, 15) is 9.90 Å². The molecule has 0 spiro atoms. The van der Waals surface area contributed by atoms with Crippen LogP contribution in [-0.4, -0.2) is 23.5 Å². The van der Waals surface area contributed by atoms with Crippen LogP contribution in [0.2, 0.25) is 0 Å². The molecule has 23 heavy (non-hydrogen) atoms. The number of aromatic hydroxyl groups is 1. The Kier molecular flexibility index (Phi) is 8.95. The Morgan fingerprint density at radius 3 is 2.22 bits per heavy atom. The molecule has 2 N–H and O–H groups in total. The summed E-state index contributed by atoms with van der Waals surface area (Å²) in [5.74, 6) is -0.0623. The minimum atomic E-state index is -1.46. The van der Waals surface area contributed by atoms with Crippen LogP contribution < -0.4 is 9.47 Å². The normalized spacial score (nSPS) is 10.5. The van der Waals surface area contributed by atoms with Crippen molar-refractivity contribution in [1.82, 2.24) is 0 Å². The molecule has 0 unspecified atom stereocenters. The van der Waals surface area contributed by atoms with Crippen LogP contribution in [0.25, 0.3) is 0 Å². The average Bonchev–Trinajstić information content (AvgIpc) is 2.52. The van der Waals surface area contributed by atoms with Crippen LogP contribution in [0.1, 0.15) is 63.9 Å². The molecule has 0 saturated heterocycles. The highest BCUT2D eigenvalue weighted by Gasteiger charge is 2.16. The van der Waals surface area contributed by atoms with Crippen molar-refractivity contribution in [1.29, 1.82) is 0 Å². The Labute approximate surface area is 138 Å². The van der Waals surface area contributed by atoms with Crippen LogP contribution in [-0.2, 0) is 6.42 Å². The number of rotatable bonds is 11. The third-order valence-electron chi connectivity index (χ3n) is 3.88. The molecular formula is C18H28O5. The molecule has 0 heterocycles. The standard InChI is InChI=1S/C18H28O5/c1-3-4-5-6-7-8-9-10-11-14-12-13-15(23-18(20)21)16(19)17(14)22-2/h12-13,19H,3-11H2,1-2H3,(H,20,21). The summed E-state index contributed by atoms with van der Waals surface area (Å²) in [5.41, 5.74) is 0.869. The van der Waals surface area contributed by atoms with Gasteiger partial charge in [0.2, 0.25) is 5.75 Å². The van der Waals surface area contributed by atoms with Crippen molar-refractivity contribution in [2.45, 2.75) is 64.7 Å². The SMILES string of the molecule is CCCCCCCCCCc1ccc(OC(=O)O)c(O)c1OC. The third kappa shape index (κ3) is 6.80. The van der Waals surface area contributed by atoms with Gasteiger partial charge in [-0.3, -0.25) is 0 Å². The number of benzene rings is 1. The van der Waals surface area contributed by atoms with Crippen LogP contribution >= 0.6 is 0 Å². The van der Waals surface area contributed by atoms with Gasteiger partial charge in [0.1, 0.15) is 0 Å². The van der Waals surface area contributed by atoms with E-state index in [4.69, 9.17) is 9.84 Å². The Morgan fingerprint density at radius 1 is 1.04 bits per heavy atom. The molecule has 0 aliphatic carbocycles. The lowest BCUT2D eigenvalue weighted by Crippen LogP contribution is -2.04. The first kappa shape index (κ1) is 19.1. The number of phenols is 1. The maximum absolute atomic E-state index is 10.6.